The molecule has 0 atom stereocenters. The average molecular weight is 448 g/mol. The minimum Gasteiger partial charge on any atom is -0.461 e. The number of amides is 1. The number of anilines is 1. The molecule has 0 aliphatic carbocycles. The Morgan fingerprint density at radius 3 is 2.88 bits per heavy atom. The number of rotatable bonds is 6. The lowest BCUT2D eigenvalue weighted by Gasteiger charge is -2.07. The molecule has 5 aromatic heterocycles. The standard InChI is InChI=1S/C21H16N6O4S/c1-2-12-9-19(28)24-21(22-12)27-18(11-13(25-27)17-6-4-8-32-17)23-20(29)14-10-16(31-26-14)15-5-3-7-30-15/h3-11H,2H2,1H3,(H,23,29)(H,22,24,28). The molecule has 1 amide bonds. The number of H-pyrrole nitrogens is 1. The SMILES string of the molecule is CCc1cc(=O)[nH]c(-n2nc(-c3cccs3)cc2NC(=O)c2cc(-c3ccco3)on2)n1. The number of hydrogen-bond donors (Lipinski definition) is 2. The second-order valence-electron chi connectivity index (χ2n) is 6.73. The van der Waals surface area contributed by atoms with Crippen LogP contribution in [0.3, 0.4) is 0 Å². The molecule has 5 rings (SSSR count). The Balaban J connectivity index is 1.52. The lowest BCUT2D eigenvalue weighted by Crippen LogP contribution is -2.19. The van der Waals surface area contributed by atoms with E-state index in [-0.39, 0.29) is 17.2 Å². The van der Waals surface area contributed by atoms with Gasteiger partial charge in [0.05, 0.1) is 11.1 Å². The molecule has 160 valence electrons. The van der Waals surface area contributed by atoms with Gasteiger partial charge in [-0.3, -0.25) is 14.6 Å². The summed E-state index contributed by atoms with van der Waals surface area (Å²) in [6, 6.07) is 11.8. The van der Waals surface area contributed by atoms with Crippen molar-refractivity contribution in [1.29, 1.82) is 0 Å². The number of thiophene rings is 1. The highest BCUT2D eigenvalue weighted by Gasteiger charge is 2.20. The van der Waals surface area contributed by atoms with Gasteiger partial charge in [0.1, 0.15) is 11.5 Å². The number of nitrogens with one attached hydrogen (secondary N) is 2. The van der Waals surface area contributed by atoms with Gasteiger partial charge in [-0.25, -0.2) is 4.98 Å². The number of aromatic nitrogens is 5. The summed E-state index contributed by atoms with van der Waals surface area (Å²) in [7, 11) is 0. The molecule has 0 radical (unpaired) electrons. The fraction of sp³-hybridized carbons (Fsp3) is 0.0952. The third-order valence-corrected chi connectivity index (χ3v) is 5.47. The maximum Gasteiger partial charge on any atom is 0.279 e. The molecule has 0 saturated heterocycles. The van der Waals surface area contributed by atoms with E-state index in [9.17, 15) is 9.59 Å². The van der Waals surface area contributed by atoms with Crippen molar-refractivity contribution in [2.75, 3.05) is 5.32 Å². The van der Waals surface area contributed by atoms with Crippen molar-refractivity contribution in [3.8, 4) is 28.0 Å². The highest BCUT2D eigenvalue weighted by atomic mass is 32.1. The molecule has 11 heteroatoms. The number of aryl methyl sites for hydroxylation is 1. The van der Waals surface area contributed by atoms with Gasteiger partial charge in [0.25, 0.3) is 11.5 Å². The molecule has 0 aromatic carbocycles. The molecule has 5 aromatic rings. The van der Waals surface area contributed by atoms with Crippen LogP contribution >= 0.6 is 11.3 Å². The normalized spacial score (nSPS) is 11.0. The summed E-state index contributed by atoms with van der Waals surface area (Å²) in [4.78, 5) is 33.0. The lowest BCUT2D eigenvalue weighted by atomic mass is 10.3. The highest BCUT2D eigenvalue weighted by molar-refractivity contribution is 7.13. The molecule has 2 N–H and O–H groups in total. The first kappa shape index (κ1) is 19.7. The Morgan fingerprint density at radius 2 is 2.12 bits per heavy atom. The van der Waals surface area contributed by atoms with Crippen LogP contribution in [0, 0.1) is 0 Å². The lowest BCUT2D eigenvalue weighted by molar-refractivity contribution is 0.101. The van der Waals surface area contributed by atoms with Crippen LogP contribution in [0.4, 0.5) is 5.82 Å². The number of nitrogens with zero attached hydrogens (tertiary/aromatic N) is 4. The summed E-state index contributed by atoms with van der Waals surface area (Å²) in [6.07, 6.45) is 2.08. The zero-order valence-corrected chi connectivity index (χ0v) is 17.5. The predicted molar refractivity (Wildman–Crippen MR) is 117 cm³/mol. The molecular weight excluding hydrogens is 432 g/mol. The van der Waals surface area contributed by atoms with Crippen LogP contribution in [0.25, 0.3) is 28.0 Å². The van der Waals surface area contributed by atoms with Gasteiger partial charge in [0, 0.05) is 23.9 Å². The minimum absolute atomic E-state index is 0.0607. The number of hydrogen-bond acceptors (Lipinski definition) is 8. The van der Waals surface area contributed by atoms with E-state index in [1.807, 2.05) is 24.4 Å². The van der Waals surface area contributed by atoms with Crippen molar-refractivity contribution in [2.45, 2.75) is 13.3 Å². The first-order valence-corrected chi connectivity index (χ1v) is 10.5. The average Bonchev–Trinajstić information content (AvgIpc) is 3.59. The topological polar surface area (TPSA) is 132 Å². The summed E-state index contributed by atoms with van der Waals surface area (Å²) in [5.74, 6) is 0.787. The van der Waals surface area contributed by atoms with Gasteiger partial charge in [-0.2, -0.15) is 9.78 Å². The second-order valence-corrected chi connectivity index (χ2v) is 7.67. The number of carbonyl (C=O) groups excluding carboxylic acids is 1. The van der Waals surface area contributed by atoms with Gasteiger partial charge in [0.15, 0.2) is 11.5 Å². The van der Waals surface area contributed by atoms with Crippen LogP contribution < -0.4 is 10.9 Å². The maximum atomic E-state index is 12.9. The molecule has 0 spiro atoms. The first-order valence-electron chi connectivity index (χ1n) is 9.67. The number of furan rings is 1. The van der Waals surface area contributed by atoms with Crippen molar-refractivity contribution in [3.05, 3.63) is 75.8 Å². The summed E-state index contributed by atoms with van der Waals surface area (Å²) in [6.45, 7) is 1.90. The summed E-state index contributed by atoms with van der Waals surface area (Å²) >= 11 is 1.50. The fourth-order valence-electron chi connectivity index (χ4n) is 3.05. The maximum absolute atomic E-state index is 12.9. The molecule has 32 heavy (non-hydrogen) atoms. The predicted octanol–water partition coefficient (Wildman–Crippen LogP) is 3.75. The van der Waals surface area contributed by atoms with Crippen LogP contribution in [-0.2, 0) is 6.42 Å². The van der Waals surface area contributed by atoms with Gasteiger partial charge >= 0.3 is 0 Å². The molecule has 0 aliphatic rings. The molecule has 0 fully saturated rings. The van der Waals surface area contributed by atoms with E-state index >= 15 is 0 Å². The van der Waals surface area contributed by atoms with Crippen LogP contribution in [-0.4, -0.2) is 30.8 Å². The Morgan fingerprint density at radius 1 is 1.22 bits per heavy atom. The van der Waals surface area contributed by atoms with Crippen molar-refractivity contribution in [1.82, 2.24) is 24.9 Å². The van der Waals surface area contributed by atoms with Crippen LogP contribution in [0.5, 0.6) is 0 Å². The van der Waals surface area contributed by atoms with E-state index in [2.05, 4.69) is 25.5 Å². The number of carbonyl (C=O) groups is 1. The summed E-state index contributed by atoms with van der Waals surface area (Å²) in [5.41, 5.74) is 0.979. The monoisotopic (exact) mass is 448 g/mol. The Bertz CT molecular complexity index is 1430. The van der Waals surface area contributed by atoms with Gasteiger partial charge in [-0.15, -0.1) is 11.3 Å². The molecule has 5 heterocycles. The van der Waals surface area contributed by atoms with Crippen LogP contribution in [0.1, 0.15) is 23.1 Å². The van der Waals surface area contributed by atoms with Crippen LogP contribution in [0.15, 0.2) is 67.8 Å². The molecule has 0 unspecified atom stereocenters. The molecular formula is C21H16N6O4S. The third-order valence-electron chi connectivity index (χ3n) is 4.58. The van der Waals surface area contributed by atoms with Crippen molar-refractivity contribution in [3.63, 3.8) is 0 Å². The zero-order chi connectivity index (χ0) is 22.1. The molecule has 10 nitrogen and oxygen atoms in total. The van der Waals surface area contributed by atoms with Crippen molar-refractivity contribution in [2.24, 2.45) is 0 Å². The largest absolute Gasteiger partial charge is 0.461 e. The van der Waals surface area contributed by atoms with E-state index in [0.29, 0.717) is 35.1 Å². The summed E-state index contributed by atoms with van der Waals surface area (Å²) in [5, 5.41) is 13.1. The highest BCUT2D eigenvalue weighted by Crippen LogP contribution is 2.28. The Hall–Kier alpha value is -4.25. The minimum atomic E-state index is -0.514. The van der Waals surface area contributed by atoms with Gasteiger partial charge < -0.3 is 14.3 Å². The molecule has 0 saturated carbocycles. The number of aromatic amines is 1. The quantitative estimate of drug-likeness (QED) is 0.404. The van der Waals surface area contributed by atoms with E-state index in [4.69, 9.17) is 8.94 Å². The Kier molecular flexibility index (Phi) is 5.00. The fourth-order valence-corrected chi connectivity index (χ4v) is 3.73. The van der Waals surface area contributed by atoms with Crippen molar-refractivity contribution < 1.29 is 13.7 Å². The third kappa shape index (κ3) is 3.76. The second kappa shape index (κ2) is 8.12. The van der Waals surface area contributed by atoms with Gasteiger partial charge in [-0.05, 0) is 30.0 Å². The van der Waals surface area contributed by atoms with E-state index < -0.39 is 5.91 Å². The van der Waals surface area contributed by atoms with Crippen molar-refractivity contribution >= 4 is 23.1 Å². The van der Waals surface area contributed by atoms with Gasteiger partial charge in [0.2, 0.25) is 11.7 Å². The van der Waals surface area contributed by atoms with E-state index in [0.717, 1.165) is 4.88 Å². The molecule has 0 aliphatic heterocycles. The Labute approximate surface area is 184 Å². The van der Waals surface area contributed by atoms with Crippen LogP contribution in [0.2, 0.25) is 0 Å². The smallest absolute Gasteiger partial charge is 0.279 e. The molecule has 0 bridgehead atoms. The van der Waals surface area contributed by atoms with E-state index in [1.54, 1.807) is 18.2 Å². The summed E-state index contributed by atoms with van der Waals surface area (Å²) < 4.78 is 11.9. The van der Waals surface area contributed by atoms with E-state index in [1.165, 1.54) is 34.4 Å². The first-order chi connectivity index (χ1) is 15.6. The zero-order valence-electron chi connectivity index (χ0n) is 16.7. The van der Waals surface area contributed by atoms with Gasteiger partial charge in [-0.1, -0.05) is 18.1 Å².